The SMILES string of the molecule is COC(=O)c1ccc(NC(=S)Nc2cc(F)ccc2C)cc1. The highest BCUT2D eigenvalue weighted by Crippen LogP contribution is 2.17. The highest BCUT2D eigenvalue weighted by Gasteiger charge is 2.06. The monoisotopic (exact) mass is 318 g/mol. The molecule has 0 radical (unpaired) electrons. The van der Waals surface area contributed by atoms with Gasteiger partial charge in [0, 0.05) is 11.4 Å². The molecule has 0 unspecified atom stereocenters. The zero-order chi connectivity index (χ0) is 16.1. The molecule has 6 heteroatoms. The summed E-state index contributed by atoms with van der Waals surface area (Å²) in [5.41, 5.74) is 2.64. The van der Waals surface area contributed by atoms with Gasteiger partial charge in [-0.25, -0.2) is 9.18 Å². The van der Waals surface area contributed by atoms with Crippen molar-refractivity contribution in [1.82, 2.24) is 0 Å². The summed E-state index contributed by atoms with van der Waals surface area (Å²) in [7, 11) is 1.33. The zero-order valence-corrected chi connectivity index (χ0v) is 13.0. The maximum Gasteiger partial charge on any atom is 0.337 e. The van der Waals surface area contributed by atoms with Crippen molar-refractivity contribution in [2.45, 2.75) is 6.92 Å². The molecule has 2 aromatic rings. The number of rotatable bonds is 3. The van der Waals surface area contributed by atoms with Crippen molar-refractivity contribution in [2.75, 3.05) is 17.7 Å². The summed E-state index contributed by atoms with van der Waals surface area (Å²) in [6.45, 7) is 1.86. The summed E-state index contributed by atoms with van der Waals surface area (Å²) in [5, 5.41) is 6.24. The molecule has 2 aromatic carbocycles. The van der Waals surface area contributed by atoms with Crippen LogP contribution in [0.25, 0.3) is 0 Å². The fourth-order valence-corrected chi connectivity index (χ4v) is 2.05. The Bertz CT molecular complexity index is 702. The van der Waals surface area contributed by atoms with E-state index in [4.69, 9.17) is 12.2 Å². The second-order valence-electron chi connectivity index (χ2n) is 4.61. The minimum absolute atomic E-state index is 0.333. The van der Waals surface area contributed by atoms with Gasteiger partial charge in [0.15, 0.2) is 5.11 Å². The Morgan fingerprint density at radius 1 is 1.14 bits per heavy atom. The molecule has 0 aliphatic rings. The third-order valence-electron chi connectivity index (χ3n) is 3.01. The molecular formula is C16H15FN2O2S. The maximum absolute atomic E-state index is 13.2. The minimum Gasteiger partial charge on any atom is -0.465 e. The first-order valence-electron chi connectivity index (χ1n) is 6.52. The van der Waals surface area contributed by atoms with Gasteiger partial charge in [0.2, 0.25) is 0 Å². The van der Waals surface area contributed by atoms with Gasteiger partial charge in [0.05, 0.1) is 12.7 Å². The van der Waals surface area contributed by atoms with E-state index in [2.05, 4.69) is 15.4 Å². The van der Waals surface area contributed by atoms with Crippen LogP contribution in [0.4, 0.5) is 15.8 Å². The second-order valence-corrected chi connectivity index (χ2v) is 5.02. The number of anilines is 2. The number of ether oxygens (including phenoxy) is 1. The van der Waals surface area contributed by atoms with Gasteiger partial charge in [0.25, 0.3) is 0 Å². The molecule has 0 bridgehead atoms. The molecule has 114 valence electrons. The van der Waals surface area contributed by atoms with Gasteiger partial charge in [-0.2, -0.15) is 0 Å². The molecule has 22 heavy (non-hydrogen) atoms. The lowest BCUT2D eigenvalue weighted by Crippen LogP contribution is -2.19. The third kappa shape index (κ3) is 4.02. The first-order valence-corrected chi connectivity index (χ1v) is 6.93. The number of thiocarbonyl (C=S) groups is 1. The molecule has 2 N–H and O–H groups in total. The highest BCUT2D eigenvalue weighted by atomic mass is 32.1. The molecule has 0 aliphatic carbocycles. The first kappa shape index (κ1) is 15.9. The van der Waals surface area contributed by atoms with Gasteiger partial charge in [-0.3, -0.25) is 0 Å². The summed E-state index contributed by atoms with van der Waals surface area (Å²) < 4.78 is 17.9. The highest BCUT2D eigenvalue weighted by molar-refractivity contribution is 7.80. The van der Waals surface area contributed by atoms with E-state index < -0.39 is 5.97 Å². The number of hydrogen-bond donors (Lipinski definition) is 2. The standard InChI is InChI=1S/C16H15FN2O2S/c1-10-3-6-12(17)9-14(10)19-16(22)18-13-7-4-11(5-8-13)15(20)21-2/h3-9H,1-2H3,(H2,18,19,22). The Hall–Kier alpha value is -2.47. The Kier molecular flexibility index (Phi) is 5.06. The van der Waals surface area contributed by atoms with Crippen molar-refractivity contribution in [3.8, 4) is 0 Å². The Labute approximate surface area is 133 Å². The number of carbonyl (C=O) groups excluding carboxylic acids is 1. The normalized spacial score (nSPS) is 9.95. The summed E-state index contributed by atoms with van der Waals surface area (Å²) in [6.07, 6.45) is 0. The molecule has 0 aromatic heterocycles. The lowest BCUT2D eigenvalue weighted by Gasteiger charge is -2.12. The van der Waals surface area contributed by atoms with Crippen LogP contribution in [0.3, 0.4) is 0 Å². The van der Waals surface area contributed by atoms with Crippen LogP contribution in [0.2, 0.25) is 0 Å². The molecule has 0 atom stereocenters. The van der Waals surface area contributed by atoms with Gasteiger partial charge < -0.3 is 15.4 Å². The van der Waals surface area contributed by atoms with E-state index in [1.165, 1.54) is 19.2 Å². The lowest BCUT2D eigenvalue weighted by atomic mass is 10.2. The van der Waals surface area contributed by atoms with Crippen molar-refractivity contribution in [3.63, 3.8) is 0 Å². The van der Waals surface area contributed by atoms with Crippen LogP contribution < -0.4 is 10.6 Å². The van der Waals surface area contributed by atoms with Gasteiger partial charge in [-0.1, -0.05) is 6.07 Å². The van der Waals surface area contributed by atoms with Crippen molar-refractivity contribution < 1.29 is 13.9 Å². The lowest BCUT2D eigenvalue weighted by molar-refractivity contribution is 0.0601. The van der Waals surface area contributed by atoms with E-state index in [9.17, 15) is 9.18 Å². The van der Waals surface area contributed by atoms with Gasteiger partial charge in [0.1, 0.15) is 5.82 Å². The van der Waals surface area contributed by atoms with Crippen molar-refractivity contribution in [2.24, 2.45) is 0 Å². The molecular weight excluding hydrogens is 303 g/mol. The van der Waals surface area contributed by atoms with Crippen LogP contribution in [0.5, 0.6) is 0 Å². The van der Waals surface area contributed by atoms with E-state index in [0.717, 1.165) is 5.56 Å². The van der Waals surface area contributed by atoms with E-state index in [1.807, 2.05) is 6.92 Å². The number of hydrogen-bond acceptors (Lipinski definition) is 3. The maximum atomic E-state index is 13.2. The average molecular weight is 318 g/mol. The number of aryl methyl sites for hydroxylation is 1. The van der Waals surface area contributed by atoms with Gasteiger partial charge >= 0.3 is 5.97 Å². The van der Waals surface area contributed by atoms with Crippen LogP contribution in [-0.2, 0) is 4.74 Å². The van der Waals surface area contributed by atoms with Crippen molar-refractivity contribution in [1.29, 1.82) is 0 Å². The number of esters is 1. The molecule has 2 rings (SSSR count). The Morgan fingerprint density at radius 2 is 1.82 bits per heavy atom. The molecule has 4 nitrogen and oxygen atoms in total. The topological polar surface area (TPSA) is 50.4 Å². The van der Waals surface area contributed by atoms with E-state index in [0.29, 0.717) is 22.1 Å². The van der Waals surface area contributed by atoms with E-state index in [-0.39, 0.29) is 5.82 Å². The van der Waals surface area contributed by atoms with Crippen LogP contribution in [0, 0.1) is 12.7 Å². The molecule has 0 heterocycles. The fourth-order valence-electron chi connectivity index (χ4n) is 1.82. The number of benzene rings is 2. The predicted molar refractivity (Wildman–Crippen MR) is 88.8 cm³/mol. The average Bonchev–Trinajstić information content (AvgIpc) is 2.51. The van der Waals surface area contributed by atoms with Gasteiger partial charge in [-0.05, 0) is 61.1 Å². The van der Waals surface area contributed by atoms with Crippen LogP contribution in [0.15, 0.2) is 42.5 Å². The Morgan fingerprint density at radius 3 is 2.45 bits per heavy atom. The number of nitrogens with one attached hydrogen (secondary N) is 2. The smallest absolute Gasteiger partial charge is 0.337 e. The third-order valence-corrected chi connectivity index (χ3v) is 3.22. The van der Waals surface area contributed by atoms with Crippen molar-refractivity contribution >= 4 is 34.7 Å². The van der Waals surface area contributed by atoms with Crippen LogP contribution in [0.1, 0.15) is 15.9 Å². The Balaban J connectivity index is 2.03. The zero-order valence-electron chi connectivity index (χ0n) is 12.1. The second kappa shape index (κ2) is 7.00. The van der Waals surface area contributed by atoms with Crippen LogP contribution >= 0.6 is 12.2 Å². The summed E-state index contributed by atoms with van der Waals surface area (Å²) in [6, 6.07) is 11.1. The number of halogens is 1. The predicted octanol–water partition coefficient (Wildman–Crippen LogP) is 3.73. The summed E-state index contributed by atoms with van der Waals surface area (Å²) in [4.78, 5) is 11.3. The van der Waals surface area contributed by atoms with E-state index >= 15 is 0 Å². The summed E-state index contributed by atoms with van der Waals surface area (Å²) in [5.74, 6) is -0.735. The number of carbonyl (C=O) groups is 1. The first-order chi connectivity index (χ1) is 10.5. The summed E-state index contributed by atoms with van der Waals surface area (Å²) >= 11 is 5.19. The van der Waals surface area contributed by atoms with Crippen LogP contribution in [-0.4, -0.2) is 18.2 Å². The van der Waals surface area contributed by atoms with Crippen molar-refractivity contribution in [3.05, 3.63) is 59.4 Å². The molecule has 0 saturated carbocycles. The van der Waals surface area contributed by atoms with Gasteiger partial charge in [-0.15, -0.1) is 0 Å². The number of methoxy groups -OCH3 is 1. The largest absolute Gasteiger partial charge is 0.465 e. The fraction of sp³-hybridized carbons (Fsp3) is 0.125. The van der Waals surface area contributed by atoms with E-state index in [1.54, 1.807) is 30.3 Å². The molecule has 0 aliphatic heterocycles. The quantitative estimate of drug-likeness (QED) is 0.667. The molecule has 0 fully saturated rings. The minimum atomic E-state index is -0.400. The molecule has 0 amide bonds. The molecule has 0 saturated heterocycles. The molecule has 0 spiro atoms.